The van der Waals surface area contributed by atoms with Gasteiger partial charge in [0.1, 0.15) is 3.70 Å². The van der Waals surface area contributed by atoms with Crippen molar-refractivity contribution in [2.24, 2.45) is 0 Å². The molecular formula is C15H12I2N4O. The number of hydrogen-bond acceptors (Lipinski definition) is 3. The lowest BCUT2D eigenvalue weighted by Crippen LogP contribution is -2.20. The molecule has 22 heavy (non-hydrogen) atoms. The minimum Gasteiger partial charge on any atom is -0.351 e. The van der Waals surface area contributed by atoms with Gasteiger partial charge in [0, 0.05) is 16.1 Å². The standard InChI is InChI=1S/C15H12I2N4O/c1-9(22)18-8-12-15(10-2-4-11(16)5-3-10)19-14-7-6-13(17)20-21(12)14/h2-7H,8H2,1H3,(H,18,22). The molecular weight excluding hydrogens is 506 g/mol. The predicted molar refractivity (Wildman–Crippen MR) is 101 cm³/mol. The number of carbonyl (C=O) groups is 1. The van der Waals surface area contributed by atoms with Crippen LogP contribution in [0.3, 0.4) is 0 Å². The van der Waals surface area contributed by atoms with E-state index in [1.165, 1.54) is 10.5 Å². The van der Waals surface area contributed by atoms with Gasteiger partial charge in [-0.25, -0.2) is 9.50 Å². The zero-order valence-electron chi connectivity index (χ0n) is 11.7. The first-order chi connectivity index (χ1) is 10.5. The van der Waals surface area contributed by atoms with Crippen LogP contribution < -0.4 is 5.32 Å². The van der Waals surface area contributed by atoms with Crippen molar-refractivity contribution >= 4 is 56.7 Å². The van der Waals surface area contributed by atoms with Gasteiger partial charge in [-0.15, -0.1) is 0 Å². The number of rotatable bonds is 3. The zero-order valence-corrected chi connectivity index (χ0v) is 16.0. The van der Waals surface area contributed by atoms with Gasteiger partial charge in [-0.05, 0) is 69.4 Å². The van der Waals surface area contributed by atoms with Crippen molar-refractivity contribution in [2.45, 2.75) is 13.5 Å². The number of carbonyl (C=O) groups excluding carboxylic acids is 1. The lowest BCUT2D eigenvalue weighted by Gasteiger charge is -2.05. The second kappa shape index (κ2) is 6.49. The SMILES string of the molecule is CC(=O)NCc1c(-c2ccc(I)cc2)nc2ccc(I)nn12. The number of nitrogens with one attached hydrogen (secondary N) is 1. The van der Waals surface area contributed by atoms with Crippen LogP contribution in [0.1, 0.15) is 12.6 Å². The molecule has 0 aliphatic rings. The van der Waals surface area contributed by atoms with Crippen LogP contribution in [0.25, 0.3) is 16.9 Å². The molecule has 1 amide bonds. The largest absolute Gasteiger partial charge is 0.351 e. The molecule has 7 heteroatoms. The van der Waals surface area contributed by atoms with Crippen LogP contribution in [0, 0.1) is 7.27 Å². The molecule has 0 aliphatic carbocycles. The van der Waals surface area contributed by atoms with Gasteiger partial charge in [-0.3, -0.25) is 4.79 Å². The smallest absolute Gasteiger partial charge is 0.217 e. The van der Waals surface area contributed by atoms with Crippen molar-refractivity contribution in [1.29, 1.82) is 0 Å². The Morgan fingerprint density at radius 1 is 1.18 bits per heavy atom. The summed E-state index contributed by atoms with van der Waals surface area (Å²) in [5.41, 5.74) is 3.51. The predicted octanol–water partition coefficient (Wildman–Crippen LogP) is 3.24. The van der Waals surface area contributed by atoms with Crippen molar-refractivity contribution in [2.75, 3.05) is 0 Å². The summed E-state index contributed by atoms with van der Waals surface area (Å²) >= 11 is 4.44. The second-order valence-corrected chi connectivity index (χ2v) is 7.10. The molecule has 0 radical (unpaired) electrons. The first kappa shape index (κ1) is 15.7. The number of benzene rings is 1. The average molecular weight is 518 g/mol. The van der Waals surface area contributed by atoms with E-state index < -0.39 is 0 Å². The summed E-state index contributed by atoms with van der Waals surface area (Å²) in [5.74, 6) is -0.0749. The molecule has 5 nitrogen and oxygen atoms in total. The minimum absolute atomic E-state index is 0.0749. The van der Waals surface area contributed by atoms with Gasteiger partial charge in [0.15, 0.2) is 5.65 Å². The van der Waals surface area contributed by atoms with Crippen molar-refractivity contribution < 1.29 is 4.79 Å². The average Bonchev–Trinajstić information content (AvgIpc) is 2.83. The molecule has 3 rings (SSSR count). The summed E-state index contributed by atoms with van der Waals surface area (Å²) in [6, 6.07) is 12.0. The fourth-order valence-corrected chi connectivity index (χ4v) is 2.92. The number of hydrogen-bond donors (Lipinski definition) is 1. The van der Waals surface area contributed by atoms with Gasteiger partial charge in [0.25, 0.3) is 0 Å². The Morgan fingerprint density at radius 3 is 2.59 bits per heavy atom. The molecule has 0 fully saturated rings. The van der Waals surface area contributed by atoms with E-state index in [-0.39, 0.29) is 5.91 Å². The second-order valence-electron chi connectivity index (χ2n) is 4.75. The van der Waals surface area contributed by atoms with Crippen LogP contribution in [-0.2, 0) is 11.3 Å². The molecule has 0 saturated carbocycles. The first-order valence-electron chi connectivity index (χ1n) is 6.59. The van der Waals surface area contributed by atoms with Crippen LogP contribution in [0.4, 0.5) is 0 Å². The van der Waals surface area contributed by atoms with Gasteiger partial charge in [-0.1, -0.05) is 12.1 Å². The number of imidazole rings is 1. The molecule has 3 aromatic rings. The molecule has 0 spiro atoms. The highest BCUT2D eigenvalue weighted by Crippen LogP contribution is 2.25. The van der Waals surface area contributed by atoms with Crippen molar-refractivity contribution in [3.05, 3.63) is 49.4 Å². The van der Waals surface area contributed by atoms with E-state index in [1.807, 2.05) is 36.4 Å². The van der Waals surface area contributed by atoms with Gasteiger partial charge >= 0.3 is 0 Å². The fraction of sp³-hybridized carbons (Fsp3) is 0.133. The van der Waals surface area contributed by atoms with Crippen molar-refractivity contribution in [3.63, 3.8) is 0 Å². The topological polar surface area (TPSA) is 59.3 Å². The third-order valence-electron chi connectivity index (χ3n) is 3.16. The van der Waals surface area contributed by atoms with E-state index >= 15 is 0 Å². The van der Waals surface area contributed by atoms with E-state index in [9.17, 15) is 4.79 Å². The highest BCUT2D eigenvalue weighted by atomic mass is 127. The van der Waals surface area contributed by atoms with Gasteiger partial charge < -0.3 is 5.32 Å². The quantitative estimate of drug-likeness (QED) is 0.543. The monoisotopic (exact) mass is 518 g/mol. The number of fused-ring (bicyclic) bond motifs is 1. The zero-order chi connectivity index (χ0) is 15.7. The number of nitrogens with zero attached hydrogens (tertiary/aromatic N) is 3. The maximum Gasteiger partial charge on any atom is 0.217 e. The molecule has 2 heterocycles. The van der Waals surface area contributed by atoms with E-state index in [2.05, 4.69) is 60.6 Å². The van der Waals surface area contributed by atoms with Crippen LogP contribution in [0.15, 0.2) is 36.4 Å². The Morgan fingerprint density at radius 2 is 1.91 bits per heavy atom. The Hall–Kier alpha value is -1.23. The molecule has 1 N–H and O–H groups in total. The lowest BCUT2D eigenvalue weighted by atomic mass is 10.1. The van der Waals surface area contributed by atoms with Gasteiger partial charge in [0.05, 0.1) is 17.9 Å². The summed E-state index contributed by atoms with van der Waals surface area (Å²) in [7, 11) is 0. The molecule has 2 aromatic heterocycles. The number of amides is 1. The van der Waals surface area contributed by atoms with Gasteiger partial charge in [0.2, 0.25) is 5.91 Å². The van der Waals surface area contributed by atoms with Crippen LogP contribution >= 0.6 is 45.2 Å². The summed E-state index contributed by atoms with van der Waals surface area (Å²) in [6.45, 7) is 1.90. The van der Waals surface area contributed by atoms with Crippen LogP contribution in [0.5, 0.6) is 0 Å². The third-order valence-corrected chi connectivity index (χ3v) is 4.45. The summed E-state index contributed by atoms with van der Waals surface area (Å²) in [4.78, 5) is 15.9. The molecule has 1 aromatic carbocycles. The maximum absolute atomic E-state index is 11.3. The summed E-state index contributed by atoms with van der Waals surface area (Å²) in [6.07, 6.45) is 0. The fourth-order valence-electron chi connectivity index (χ4n) is 2.16. The van der Waals surface area contributed by atoms with E-state index in [0.29, 0.717) is 6.54 Å². The third kappa shape index (κ3) is 3.24. The van der Waals surface area contributed by atoms with E-state index in [1.54, 1.807) is 4.52 Å². The summed E-state index contributed by atoms with van der Waals surface area (Å²) in [5, 5.41) is 7.34. The molecule has 0 aliphatic heterocycles. The Labute approximate surface area is 154 Å². The molecule has 0 unspecified atom stereocenters. The van der Waals surface area contributed by atoms with Crippen LogP contribution in [0.2, 0.25) is 0 Å². The Bertz CT molecular complexity index is 843. The highest BCUT2D eigenvalue weighted by Gasteiger charge is 2.15. The van der Waals surface area contributed by atoms with E-state index in [0.717, 1.165) is 26.3 Å². The van der Waals surface area contributed by atoms with Crippen molar-refractivity contribution in [3.8, 4) is 11.3 Å². The minimum atomic E-state index is -0.0749. The van der Waals surface area contributed by atoms with Crippen molar-refractivity contribution in [1.82, 2.24) is 19.9 Å². The normalized spacial score (nSPS) is 10.9. The molecule has 0 atom stereocenters. The molecule has 112 valence electrons. The summed E-state index contributed by atoms with van der Waals surface area (Å²) < 4.78 is 3.84. The molecule has 0 saturated heterocycles. The first-order valence-corrected chi connectivity index (χ1v) is 8.75. The molecule has 0 bridgehead atoms. The Kier molecular flexibility index (Phi) is 4.62. The number of halogens is 2. The lowest BCUT2D eigenvalue weighted by molar-refractivity contribution is -0.119. The maximum atomic E-state index is 11.3. The number of aromatic nitrogens is 3. The van der Waals surface area contributed by atoms with E-state index in [4.69, 9.17) is 0 Å². The van der Waals surface area contributed by atoms with Gasteiger partial charge in [-0.2, -0.15) is 5.10 Å². The Balaban J connectivity index is 2.16. The van der Waals surface area contributed by atoms with Crippen LogP contribution in [-0.4, -0.2) is 20.5 Å². The highest BCUT2D eigenvalue weighted by molar-refractivity contribution is 14.1.